The molecule has 1 fully saturated rings. The van der Waals surface area contributed by atoms with E-state index in [0.29, 0.717) is 24.2 Å². The van der Waals surface area contributed by atoms with E-state index in [4.69, 9.17) is 9.47 Å². The zero-order chi connectivity index (χ0) is 17.3. The van der Waals surface area contributed by atoms with Crippen LogP contribution in [0.25, 0.3) is 0 Å². The van der Waals surface area contributed by atoms with Crippen LogP contribution in [0.5, 0.6) is 0 Å². The molecule has 130 valence electrons. The summed E-state index contributed by atoms with van der Waals surface area (Å²) in [6.45, 7) is 6.12. The van der Waals surface area contributed by atoms with Crippen LogP contribution < -0.4 is 0 Å². The standard InChI is InChI=1S/C19H23FO3S/c1-4-24-17-10-19(18(9-16(17)21)22-11-23-19)13(3)8-14-6-5-12(2)7-15(14)20/h5-7,9,13,17H,4,8,10-11H2,1-3H3/t13-,17-,19+/m0/s1. The summed E-state index contributed by atoms with van der Waals surface area (Å²) >= 11 is 1.63. The average molecular weight is 350 g/mol. The van der Waals surface area contributed by atoms with E-state index >= 15 is 0 Å². The lowest BCUT2D eigenvalue weighted by Crippen LogP contribution is -2.46. The maximum Gasteiger partial charge on any atom is 0.189 e. The van der Waals surface area contributed by atoms with Crippen LogP contribution in [-0.4, -0.2) is 29.2 Å². The number of halogens is 1. The summed E-state index contributed by atoms with van der Waals surface area (Å²) in [4.78, 5) is 12.2. The van der Waals surface area contributed by atoms with Gasteiger partial charge in [0, 0.05) is 12.5 Å². The Morgan fingerprint density at radius 1 is 1.46 bits per heavy atom. The van der Waals surface area contributed by atoms with Crippen LogP contribution in [0.15, 0.2) is 30.0 Å². The monoisotopic (exact) mass is 350 g/mol. The third kappa shape index (κ3) is 3.11. The Hall–Kier alpha value is -1.33. The number of benzene rings is 1. The molecule has 0 amide bonds. The van der Waals surface area contributed by atoms with Crippen molar-refractivity contribution in [2.75, 3.05) is 12.5 Å². The van der Waals surface area contributed by atoms with Crippen LogP contribution in [0.1, 0.15) is 31.4 Å². The molecule has 0 spiro atoms. The van der Waals surface area contributed by atoms with E-state index in [0.717, 1.165) is 11.3 Å². The molecule has 0 radical (unpaired) electrons. The van der Waals surface area contributed by atoms with Gasteiger partial charge in [-0.2, -0.15) is 11.8 Å². The number of hydrogen-bond acceptors (Lipinski definition) is 4. The second-order valence-electron chi connectivity index (χ2n) is 6.56. The Kier molecular flexibility index (Phi) is 5.02. The molecule has 1 aliphatic carbocycles. The summed E-state index contributed by atoms with van der Waals surface area (Å²) in [5.74, 6) is 1.40. The Morgan fingerprint density at radius 2 is 2.25 bits per heavy atom. The molecule has 1 saturated heterocycles. The van der Waals surface area contributed by atoms with E-state index in [1.165, 1.54) is 0 Å². The second-order valence-corrected chi connectivity index (χ2v) is 8.03. The van der Waals surface area contributed by atoms with Crippen molar-refractivity contribution >= 4 is 17.5 Å². The summed E-state index contributed by atoms with van der Waals surface area (Å²) in [6, 6.07) is 5.32. The highest BCUT2D eigenvalue weighted by Crippen LogP contribution is 2.46. The van der Waals surface area contributed by atoms with Crippen molar-refractivity contribution in [3.8, 4) is 0 Å². The van der Waals surface area contributed by atoms with Crippen LogP contribution in [0.2, 0.25) is 0 Å². The number of hydrogen-bond donors (Lipinski definition) is 0. The van der Waals surface area contributed by atoms with Gasteiger partial charge in [-0.25, -0.2) is 4.39 Å². The van der Waals surface area contributed by atoms with Crippen LogP contribution >= 0.6 is 11.8 Å². The molecule has 1 heterocycles. The quantitative estimate of drug-likeness (QED) is 0.803. The van der Waals surface area contributed by atoms with Gasteiger partial charge in [-0.3, -0.25) is 4.79 Å². The van der Waals surface area contributed by atoms with Gasteiger partial charge in [0.05, 0.1) is 5.25 Å². The number of ether oxygens (including phenoxy) is 2. The van der Waals surface area contributed by atoms with E-state index in [-0.39, 0.29) is 29.6 Å². The predicted molar refractivity (Wildman–Crippen MR) is 93.4 cm³/mol. The highest BCUT2D eigenvalue weighted by Gasteiger charge is 2.52. The third-order valence-electron chi connectivity index (χ3n) is 4.93. The number of fused-ring (bicyclic) bond motifs is 1. The largest absolute Gasteiger partial charge is 0.469 e. The van der Waals surface area contributed by atoms with Crippen LogP contribution in [-0.2, 0) is 20.7 Å². The maximum absolute atomic E-state index is 14.2. The SMILES string of the molecule is CCS[C@H]1C[C@]2([C@@H](C)Cc3ccc(C)cc3F)OCOC2=CC1=O. The molecule has 3 rings (SSSR count). The van der Waals surface area contributed by atoms with Crippen molar-refractivity contribution in [1.29, 1.82) is 0 Å². The van der Waals surface area contributed by atoms with E-state index in [1.54, 1.807) is 23.9 Å². The first-order chi connectivity index (χ1) is 11.5. The normalized spacial score (nSPS) is 27.4. The van der Waals surface area contributed by atoms with Crippen LogP contribution in [0.4, 0.5) is 4.39 Å². The fourth-order valence-corrected chi connectivity index (χ4v) is 4.55. The first-order valence-corrected chi connectivity index (χ1v) is 9.40. The molecule has 0 bridgehead atoms. The molecule has 2 aliphatic rings. The van der Waals surface area contributed by atoms with E-state index in [2.05, 4.69) is 0 Å². The third-order valence-corrected chi connectivity index (χ3v) is 6.06. The lowest BCUT2D eigenvalue weighted by molar-refractivity contribution is -0.117. The molecule has 0 N–H and O–H groups in total. The molecule has 3 nitrogen and oxygen atoms in total. The van der Waals surface area contributed by atoms with Crippen LogP contribution in [0, 0.1) is 18.7 Å². The van der Waals surface area contributed by atoms with Gasteiger partial charge in [0.25, 0.3) is 0 Å². The van der Waals surface area contributed by atoms with Crippen molar-refractivity contribution in [1.82, 2.24) is 0 Å². The molecule has 1 aliphatic heterocycles. The zero-order valence-electron chi connectivity index (χ0n) is 14.3. The summed E-state index contributed by atoms with van der Waals surface area (Å²) < 4.78 is 25.8. The Morgan fingerprint density at radius 3 is 2.96 bits per heavy atom. The fourth-order valence-electron chi connectivity index (χ4n) is 3.55. The fraction of sp³-hybridized carbons (Fsp3) is 0.526. The minimum Gasteiger partial charge on any atom is -0.469 e. The molecule has 1 aromatic rings. The van der Waals surface area contributed by atoms with Crippen molar-refractivity contribution < 1.29 is 18.7 Å². The van der Waals surface area contributed by atoms with E-state index in [1.807, 2.05) is 32.9 Å². The van der Waals surface area contributed by atoms with Gasteiger partial charge < -0.3 is 9.47 Å². The first-order valence-electron chi connectivity index (χ1n) is 8.35. The van der Waals surface area contributed by atoms with Gasteiger partial charge in [-0.1, -0.05) is 26.0 Å². The van der Waals surface area contributed by atoms with Crippen molar-refractivity contribution in [2.24, 2.45) is 5.92 Å². The first kappa shape index (κ1) is 17.5. The Bertz CT molecular complexity index is 673. The highest BCUT2D eigenvalue weighted by molar-refractivity contribution is 8.00. The van der Waals surface area contributed by atoms with Gasteiger partial charge in [0.1, 0.15) is 17.2 Å². The summed E-state index contributed by atoms with van der Waals surface area (Å²) in [5.41, 5.74) is 0.956. The average Bonchev–Trinajstić information content (AvgIpc) is 2.94. The molecule has 0 aromatic heterocycles. The smallest absolute Gasteiger partial charge is 0.189 e. The van der Waals surface area contributed by atoms with Crippen LogP contribution in [0.3, 0.4) is 0 Å². The Balaban J connectivity index is 1.87. The number of carbonyl (C=O) groups excluding carboxylic acids is 1. The topological polar surface area (TPSA) is 35.5 Å². The van der Waals surface area contributed by atoms with Crippen molar-refractivity contribution in [3.05, 3.63) is 47.0 Å². The molecule has 5 heteroatoms. The number of aryl methyl sites for hydroxylation is 1. The summed E-state index contributed by atoms with van der Waals surface area (Å²) in [5, 5.41) is -0.120. The van der Waals surface area contributed by atoms with E-state index < -0.39 is 5.60 Å². The molecule has 3 atom stereocenters. The minimum absolute atomic E-state index is 0.0107. The number of carbonyl (C=O) groups is 1. The molecule has 0 saturated carbocycles. The molecular weight excluding hydrogens is 327 g/mol. The predicted octanol–water partition coefficient (Wildman–Crippen LogP) is 4.03. The van der Waals surface area contributed by atoms with Gasteiger partial charge in [-0.05, 0) is 42.2 Å². The number of ketones is 1. The van der Waals surface area contributed by atoms with Gasteiger partial charge in [-0.15, -0.1) is 0 Å². The Labute approximate surface area is 146 Å². The van der Waals surface area contributed by atoms with Crippen molar-refractivity contribution in [2.45, 2.75) is 44.5 Å². The highest BCUT2D eigenvalue weighted by atomic mass is 32.2. The zero-order valence-corrected chi connectivity index (χ0v) is 15.1. The summed E-state index contributed by atoms with van der Waals surface area (Å²) in [7, 11) is 0. The molecule has 1 aromatic carbocycles. The summed E-state index contributed by atoms with van der Waals surface area (Å²) in [6.07, 6.45) is 2.72. The van der Waals surface area contributed by atoms with Gasteiger partial charge in [0.15, 0.2) is 12.6 Å². The second kappa shape index (κ2) is 6.89. The maximum atomic E-state index is 14.2. The minimum atomic E-state index is -0.627. The molecule has 0 unspecified atom stereocenters. The van der Waals surface area contributed by atoms with Gasteiger partial charge in [0.2, 0.25) is 0 Å². The number of rotatable bonds is 5. The molecular formula is C19H23FO3S. The lowest BCUT2D eigenvalue weighted by Gasteiger charge is -2.38. The van der Waals surface area contributed by atoms with E-state index in [9.17, 15) is 9.18 Å². The number of thioether (sulfide) groups is 1. The van der Waals surface area contributed by atoms with Gasteiger partial charge >= 0.3 is 0 Å². The lowest BCUT2D eigenvalue weighted by atomic mass is 9.76. The molecule has 24 heavy (non-hydrogen) atoms. The number of allylic oxidation sites excluding steroid dienone is 1. The van der Waals surface area contributed by atoms with Crippen molar-refractivity contribution in [3.63, 3.8) is 0 Å².